The summed E-state index contributed by atoms with van der Waals surface area (Å²) in [6.45, 7) is 1.56. The van der Waals surface area contributed by atoms with Crippen LogP contribution in [-0.2, 0) is 15.7 Å². The van der Waals surface area contributed by atoms with Crippen LogP contribution in [-0.4, -0.2) is 27.9 Å². The molecule has 0 fully saturated rings. The highest BCUT2D eigenvalue weighted by molar-refractivity contribution is 8.00. The van der Waals surface area contributed by atoms with Crippen LogP contribution in [0.15, 0.2) is 58.5 Å². The SMILES string of the molecule is COC(=O)C(C)Sc1nc2ccccc2c(=O)n1-c1cccc(C(F)(F)F)c1. The zero-order valence-electron chi connectivity index (χ0n) is 14.9. The maximum absolute atomic E-state index is 13.1. The molecule has 28 heavy (non-hydrogen) atoms. The Balaban J connectivity index is 2.25. The molecule has 1 atom stereocenters. The van der Waals surface area contributed by atoms with Crippen molar-refractivity contribution in [3.63, 3.8) is 0 Å². The number of halogens is 3. The normalized spacial score (nSPS) is 12.8. The average Bonchev–Trinajstić information content (AvgIpc) is 2.67. The van der Waals surface area contributed by atoms with E-state index in [0.717, 1.165) is 28.5 Å². The molecular formula is C19H15F3N2O3S. The van der Waals surface area contributed by atoms with Gasteiger partial charge in [-0.15, -0.1) is 0 Å². The smallest absolute Gasteiger partial charge is 0.416 e. The number of esters is 1. The first-order valence-corrected chi connectivity index (χ1v) is 9.04. The maximum Gasteiger partial charge on any atom is 0.416 e. The van der Waals surface area contributed by atoms with Gasteiger partial charge in [-0.1, -0.05) is 30.0 Å². The van der Waals surface area contributed by atoms with Crippen molar-refractivity contribution in [2.75, 3.05) is 7.11 Å². The Kier molecular flexibility index (Phi) is 5.46. The lowest BCUT2D eigenvalue weighted by atomic mass is 10.2. The van der Waals surface area contributed by atoms with Gasteiger partial charge in [0.2, 0.25) is 0 Å². The van der Waals surface area contributed by atoms with E-state index >= 15 is 0 Å². The minimum atomic E-state index is -4.56. The summed E-state index contributed by atoms with van der Waals surface area (Å²) in [6.07, 6.45) is -4.56. The number of rotatable bonds is 4. The standard InChI is InChI=1S/C19H15F3N2O3S/c1-11(17(26)27-2)28-18-23-15-9-4-3-8-14(15)16(25)24(18)13-7-5-6-12(10-13)19(20,21)22/h3-11H,1-2H3. The fourth-order valence-electron chi connectivity index (χ4n) is 2.61. The summed E-state index contributed by atoms with van der Waals surface area (Å²) in [6, 6.07) is 10.9. The van der Waals surface area contributed by atoms with E-state index in [1.807, 2.05) is 0 Å². The van der Waals surface area contributed by atoms with Crippen molar-refractivity contribution in [3.05, 3.63) is 64.4 Å². The van der Waals surface area contributed by atoms with Crippen LogP contribution in [0.5, 0.6) is 0 Å². The second kappa shape index (κ2) is 7.67. The molecule has 0 amide bonds. The molecule has 0 aliphatic heterocycles. The number of hydrogen-bond acceptors (Lipinski definition) is 5. The number of ether oxygens (including phenoxy) is 1. The van der Waals surface area contributed by atoms with Gasteiger partial charge in [0.15, 0.2) is 5.16 Å². The van der Waals surface area contributed by atoms with E-state index in [9.17, 15) is 22.8 Å². The molecule has 0 aliphatic carbocycles. The number of carbonyl (C=O) groups excluding carboxylic acids is 1. The largest absolute Gasteiger partial charge is 0.468 e. The first-order valence-electron chi connectivity index (χ1n) is 8.16. The third-order valence-electron chi connectivity index (χ3n) is 3.99. The van der Waals surface area contributed by atoms with Crippen molar-refractivity contribution in [1.29, 1.82) is 0 Å². The Bertz CT molecular complexity index is 1100. The highest BCUT2D eigenvalue weighted by atomic mass is 32.2. The molecule has 2 aromatic carbocycles. The monoisotopic (exact) mass is 408 g/mol. The van der Waals surface area contributed by atoms with Gasteiger partial charge in [-0.2, -0.15) is 13.2 Å². The van der Waals surface area contributed by atoms with Gasteiger partial charge in [-0.05, 0) is 37.3 Å². The second-order valence-corrected chi connectivity index (χ2v) is 7.19. The van der Waals surface area contributed by atoms with Gasteiger partial charge < -0.3 is 4.74 Å². The van der Waals surface area contributed by atoms with E-state index in [4.69, 9.17) is 0 Å². The van der Waals surface area contributed by atoms with Crippen LogP contribution < -0.4 is 5.56 Å². The fraction of sp³-hybridized carbons (Fsp3) is 0.211. The van der Waals surface area contributed by atoms with Crippen molar-refractivity contribution >= 4 is 28.6 Å². The Morgan fingerprint density at radius 1 is 1.18 bits per heavy atom. The molecule has 5 nitrogen and oxygen atoms in total. The Morgan fingerprint density at radius 3 is 2.57 bits per heavy atom. The zero-order chi connectivity index (χ0) is 20.5. The van der Waals surface area contributed by atoms with Crippen LogP contribution in [0.4, 0.5) is 13.2 Å². The van der Waals surface area contributed by atoms with E-state index in [0.29, 0.717) is 5.52 Å². The summed E-state index contributed by atoms with van der Waals surface area (Å²) in [4.78, 5) is 29.2. The van der Waals surface area contributed by atoms with Crippen LogP contribution in [0.25, 0.3) is 16.6 Å². The van der Waals surface area contributed by atoms with Crippen LogP contribution in [0.1, 0.15) is 12.5 Å². The Labute approximate surface area is 162 Å². The highest BCUT2D eigenvalue weighted by Gasteiger charge is 2.31. The first kappa shape index (κ1) is 19.9. The number of methoxy groups -OCH3 is 1. The number of fused-ring (bicyclic) bond motifs is 1. The van der Waals surface area contributed by atoms with Crippen molar-refractivity contribution in [3.8, 4) is 5.69 Å². The molecule has 146 valence electrons. The first-order chi connectivity index (χ1) is 13.2. The molecule has 0 saturated carbocycles. The average molecular weight is 408 g/mol. The van der Waals surface area contributed by atoms with Gasteiger partial charge in [0.25, 0.3) is 5.56 Å². The molecule has 1 unspecified atom stereocenters. The minimum absolute atomic E-state index is 0.0117. The van der Waals surface area contributed by atoms with Crippen LogP contribution >= 0.6 is 11.8 Å². The van der Waals surface area contributed by atoms with Crippen molar-refractivity contribution in [1.82, 2.24) is 9.55 Å². The third kappa shape index (κ3) is 3.89. The zero-order valence-corrected chi connectivity index (χ0v) is 15.7. The van der Waals surface area contributed by atoms with Crippen molar-refractivity contribution in [2.45, 2.75) is 23.5 Å². The van der Waals surface area contributed by atoms with Crippen LogP contribution in [0, 0.1) is 0 Å². The number of nitrogens with zero attached hydrogens (tertiary/aromatic N) is 2. The minimum Gasteiger partial charge on any atom is -0.468 e. The molecule has 1 aromatic heterocycles. The Morgan fingerprint density at radius 2 is 1.89 bits per heavy atom. The van der Waals surface area contributed by atoms with Gasteiger partial charge >= 0.3 is 12.1 Å². The van der Waals surface area contributed by atoms with E-state index in [1.54, 1.807) is 31.2 Å². The molecule has 3 aromatic rings. The summed E-state index contributed by atoms with van der Waals surface area (Å²) < 4.78 is 45.2. The molecular weight excluding hydrogens is 393 g/mol. The Hall–Kier alpha value is -2.81. The van der Waals surface area contributed by atoms with E-state index in [2.05, 4.69) is 9.72 Å². The molecule has 0 spiro atoms. The second-order valence-electron chi connectivity index (χ2n) is 5.88. The lowest BCUT2D eigenvalue weighted by molar-refractivity contribution is -0.139. The van der Waals surface area contributed by atoms with Crippen LogP contribution in [0.3, 0.4) is 0 Å². The molecule has 0 saturated heterocycles. The summed E-state index contributed by atoms with van der Waals surface area (Å²) in [7, 11) is 1.23. The lowest BCUT2D eigenvalue weighted by Gasteiger charge is -2.16. The number of carbonyl (C=O) groups is 1. The van der Waals surface area contributed by atoms with E-state index in [1.165, 1.54) is 19.2 Å². The predicted octanol–water partition coefficient (Wildman–Crippen LogP) is 4.06. The van der Waals surface area contributed by atoms with Crippen molar-refractivity contribution < 1.29 is 22.7 Å². The maximum atomic E-state index is 13.1. The lowest BCUT2D eigenvalue weighted by Crippen LogP contribution is -2.24. The topological polar surface area (TPSA) is 61.2 Å². The van der Waals surface area contributed by atoms with Gasteiger partial charge in [-0.3, -0.25) is 14.2 Å². The number of aromatic nitrogens is 2. The van der Waals surface area contributed by atoms with Crippen LogP contribution in [0.2, 0.25) is 0 Å². The summed E-state index contributed by atoms with van der Waals surface area (Å²) in [5.41, 5.74) is -1.01. The molecule has 9 heteroatoms. The predicted molar refractivity (Wildman–Crippen MR) is 99.7 cm³/mol. The van der Waals surface area contributed by atoms with E-state index < -0.39 is 28.5 Å². The molecule has 1 heterocycles. The van der Waals surface area contributed by atoms with Gasteiger partial charge in [-0.25, -0.2) is 4.98 Å². The third-order valence-corrected chi connectivity index (χ3v) is 5.02. The highest BCUT2D eigenvalue weighted by Crippen LogP contribution is 2.31. The molecule has 0 aliphatic rings. The van der Waals surface area contributed by atoms with Crippen molar-refractivity contribution in [2.24, 2.45) is 0 Å². The molecule has 0 bridgehead atoms. The quantitative estimate of drug-likeness (QED) is 0.370. The summed E-state index contributed by atoms with van der Waals surface area (Å²) in [5, 5.41) is -0.356. The summed E-state index contributed by atoms with van der Waals surface area (Å²) >= 11 is 0.936. The van der Waals surface area contributed by atoms with E-state index in [-0.39, 0.29) is 16.2 Å². The van der Waals surface area contributed by atoms with Gasteiger partial charge in [0, 0.05) is 0 Å². The number of para-hydroxylation sites is 1. The fourth-order valence-corrected chi connectivity index (χ4v) is 3.57. The van der Waals surface area contributed by atoms with Gasteiger partial charge in [0.1, 0.15) is 5.25 Å². The molecule has 3 rings (SSSR count). The molecule has 0 radical (unpaired) electrons. The number of thioether (sulfide) groups is 1. The van der Waals surface area contributed by atoms with Gasteiger partial charge in [0.05, 0.1) is 29.3 Å². The summed E-state index contributed by atoms with van der Waals surface area (Å²) in [5.74, 6) is -0.539. The number of hydrogen-bond donors (Lipinski definition) is 0. The molecule has 0 N–H and O–H groups in total. The number of benzene rings is 2. The number of alkyl halides is 3.